The number of nitrogens with zero attached hydrogens (tertiary/aromatic N) is 1. The number of hydrogen-bond donors (Lipinski definition) is 3. The van der Waals surface area contributed by atoms with Gasteiger partial charge in [0.25, 0.3) is 0 Å². The van der Waals surface area contributed by atoms with E-state index in [0.717, 1.165) is 0 Å². The van der Waals surface area contributed by atoms with E-state index in [0.29, 0.717) is 11.0 Å². The van der Waals surface area contributed by atoms with E-state index in [-0.39, 0.29) is 18.9 Å². The van der Waals surface area contributed by atoms with Crippen molar-refractivity contribution < 1.29 is 24.3 Å². The van der Waals surface area contributed by atoms with Crippen molar-refractivity contribution >= 4 is 18.5 Å². The molecule has 1 amide bonds. The number of pyridine rings is 1. The van der Waals surface area contributed by atoms with Gasteiger partial charge in [0, 0.05) is 36.9 Å². The summed E-state index contributed by atoms with van der Waals surface area (Å²) >= 11 is 0. The minimum Gasteiger partial charge on any atom is -0.399 e. The van der Waals surface area contributed by atoms with E-state index in [1.807, 2.05) is 27.7 Å². The monoisotopic (exact) mass is 350 g/mol. The van der Waals surface area contributed by atoms with Crippen LogP contribution in [0, 0.1) is 0 Å². The summed E-state index contributed by atoms with van der Waals surface area (Å²) < 4.78 is 12.0. The highest BCUT2D eigenvalue weighted by atomic mass is 16.7. The smallest absolute Gasteiger partial charge is 0.399 e. The number of carbonyl (C=O) groups excluding carboxylic acids is 1. The van der Waals surface area contributed by atoms with Gasteiger partial charge in [-0.2, -0.15) is 0 Å². The lowest BCUT2D eigenvalue weighted by Gasteiger charge is -2.32. The Labute approximate surface area is 148 Å². The van der Waals surface area contributed by atoms with Crippen molar-refractivity contribution in [1.82, 2.24) is 10.3 Å². The zero-order valence-corrected chi connectivity index (χ0v) is 15.4. The Bertz CT molecular complexity index is 607. The average molecular weight is 350 g/mol. The molecule has 8 heteroatoms. The Morgan fingerprint density at radius 2 is 1.84 bits per heavy atom. The molecule has 0 radical (unpaired) electrons. The first-order chi connectivity index (χ1) is 11.5. The average Bonchev–Trinajstić information content (AvgIpc) is 2.74. The molecule has 7 nitrogen and oxygen atoms in total. The van der Waals surface area contributed by atoms with Gasteiger partial charge in [-0.3, -0.25) is 9.78 Å². The third-order valence-corrected chi connectivity index (χ3v) is 4.83. The zero-order valence-electron chi connectivity index (χ0n) is 15.4. The number of aromatic nitrogens is 1. The van der Waals surface area contributed by atoms with E-state index in [2.05, 4.69) is 10.3 Å². The molecule has 0 bridgehead atoms. The Kier molecular flexibility index (Phi) is 5.88. The molecule has 1 aromatic rings. The summed E-state index contributed by atoms with van der Waals surface area (Å²) in [4.78, 5) is 15.0. The molecule has 1 aliphatic heterocycles. The summed E-state index contributed by atoms with van der Waals surface area (Å²) in [5.74, 6) is -0.175. The van der Waals surface area contributed by atoms with Gasteiger partial charge < -0.3 is 24.8 Å². The maximum absolute atomic E-state index is 10.9. The third-order valence-electron chi connectivity index (χ3n) is 4.83. The summed E-state index contributed by atoms with van der Waals surface area (Å²) in [6.45, 7) is 9.55. The van der Waals surface area contributed by atoms with Gasteiger partial charge in [-0.1, -0.05) is 6.07 Å². The fourth-order valence-corrected chi connectivity index (χ4v) is 2.52. The maximum Gasteiger partial charge on any atom is 0.496 e. The Morgan fingerprint density at radius 3 is 2.40 bits per heavy atom. The minimum atomic E-state index is -1.11. The normalized spacial score (nSPS) is 21.0. The lowest BCUT2D eigenvalue weighted by atomic mass is 9.79. The van der Waals surface area contributed by atoms with Crippen molar-refractivity contribution in [1.29, 1.82) is 0 Å². The van der Waals surface area contributed by atoms with Gasteiger partial charge in [0.15, 0.2) is 0 Å². The molecular weight excluding hydrogens is 323 g/mol. The third kappa shape index (κ3) is 4.58. The molecule has 3 N–H and O–H groups in total. The zero-order chi connectivity index (χ0) is 18.8. The molecule has 0 aromatic carbocycles. The number of amides is 1. The second-order valence-corrected chi connectivity index (χ2v) is 7.42. The van der Waals surface area contributed by atoms with E-state index in [1.54, 1.807) is 12.3 Å². The van der Waals surface area contributed by atoms with Crippen LogP contribution in [0.4, 0.5) is 0 Å². The van der Waals surface area contributed by atoms with Crippen LogP contribution in [0.3, 0.4) is 0 Å². The van der Waals surface area contributed by atoms with Crippen LogP contribution in [0.1, 0.15) is 52.7 Å². The van der Waals surface area contributed by atoms with Crippen molar-refractivity contribution in [2.45, 2.75) is 64.4 Å². The number of nitrogens with one attached hydrogen (secondary N) is 1. The molecule has 1 fully saturated rings. The van der Waals surface area contributed by atoms with Crippen LogP contribution in [0.5, 0.6) is 0 Å². The molecule has 2 atom stereocenters. The van der Waals surface area contributed by atoms with Crippen molar-refractivity contribution in [3.05, 3.63) is 24.0 Å². The van der Waals surface area contributed by atoms with Gasteiger partial charge in [-0.05, 0) is 34.1 Å². The van der Waals surface area contributed by atoms with E-state index in [1.165, 1.54) is 13.1 Å². The van der Waals surface area contributed by atoms with E-state index in [4.69, 9.17) is 9.31 Å². The lowest BCUT2D eigenvalue weighted by molar-refractivity contribution is -0.119. The first-order valence-corrected chi connectivity index (χ1v) is 8.44. The highest BCUT2D eigenvalue weighted by molar-refractivity contribution is 6.62. The van der Waals surface area contributed by atoms with Crippen LogP contribution in [0.15, 0.2) is 18.5 Å². The Balaban J connectivity index is 2.07. The minimum absolute atomic E-state index is 0.175. The predicted octanol–water partition coefficient (Wildman–Crippen LogP) is 0.301. The van der Waals surface area contributed by atoms with Crippen LogP contribution in [-0.2, 0) is 14.1 Å². The van der Waals surface area contributed by atoms with Gasteiger partial charge in [0.1, 0.15) is 6.10 Å². The van der Waals surface area contributed by atoms with Crippen LogP contribution >= 0.6 is 0 Å². The Hall–Kier alpha value is -1.48. The molecule has 138 valence electrons. The van der Waals surface area contributed by atoms with Crippen molar-refractivity contribution in [3.63, 3.8) is 0 Å². The Morgan fingerprint density at radius 1 is 1.24 bits per heavy atom. The summed E-state index contributed by atoms with van der Waals surface area (Å²) in [5, 5.41) is 23.0. The van der Waals surface area contributed by atoms with E-state index in [9.17, 15) is 15.0 Å². The van der Waals surface area contributed by atoms with Crippen LogP contribution in [-0.4, -0.2) is 52.1 Å². The van der Waals surface area contributed by atoms with E-state index < -0.39 is 30.5 Å². The van der Waals surface area contributed by atoms with Gasteiger partial charge in [0.05, 0.1) is 17.3 Å². The van der Waals surface area contributed by atoms with Crippen LogP contribution < -0.4 is 10.8 Å². The van der Waals surface area contributed by atoms with Crippen molar-refractivity contribution in [2.24, 2.45) is 0 Å². The second kappa shape index (κ2) is 7.41. The molecular formula is C17H27BN2O5. The van der Waals surface area contributed by atoms with E-state index >= 15 is 0 Å². The molecule has 0 saturated carbocycles. The standard InChI is InChI=1S/C17H27BN2O5/c1-11(21)20-7-6-14(22)15(23)12-8-13(10-19-9-12)18-24-16(2,3)17(4,5)25-18/h8-10,14-15,22-23H,6-7H2,1-5H3,(H,20,21). The first-order valence-electron chi connectivity index (χ1n) is 8.44. The lowest BCUT2D eigenvalue weighted by Crippen LogP contribution is -2.41. The molecule has 1 saturated heterocycles. The number of aliphatic hydroxyl groups excluding tert-OH is 2. The van der Waals surface area contributed by atoms with Crippen LogP contribution in [0.25, 0.3) is 0 Å². The SMILES string of the molecule is CC(=O)NCCC(O)C(O)c1cncc(B2OC(C)(C)C(C)(C)O2)c1. The molecule has 0 aliphatic carbocycles. The molecule has 1 aliphatic rings. The molecule has 1 aromatic heterocycles. The summed E-state index contributed by atoms with van der Waals surface area (Å²) in [7, 11) is -0.582. The summed E-state index contributed by atoms with van der Waals surface area (Å²) in [6, 6.07) is 1.72. The largest absolute Gasteiger partial charge is 0.496 e. The topological polar surface area (TPSA) is 101 Å². The fraction of sp³-hybridized carbons (Fsp3) is 0.647. The second-order valence-electron chi connectivity index (χ2n) is 7.42. The molecule has 2 heterocycles. The number of rotatable bonds is 6. The van der Waals surface area contributed by atoms with Crippen LogP contribution in [0.2, 0.25) is 0 Å². The highest BCUT2D eigenvalue weighted by Gasteiger charge is 2.51. The first kappa shape index (κ1) is 19.8. The van der Waals surface area contributed by atoms with Gasteiger partial charge in [-0.15, -0.1) is 0 Å². The summed E-state index contributed by atoms with van der Waals surface area (Å²) in [5.41, 5.74) is 0.223. The van der Waals surface area contributed by atoms with Gasteiger partial charge in [-0.25, -0.2) is 0 Å². The molecule has 2 rings (SSSR count). The van der Waals surface area contributed by atoms with Gasteiger partial charge >= 0.3 is 7.12 Å². The predicted molar refractivity (Wildman–Crippen MR) is 94.2 cm³/mol. The van der Waals surface area contributed by atoms with Crippen molar-refractivity contribution in [3.8, 4) is 0 Å². The molecule has 25 heavy (non-hydrogen) atoms. The maximum atomic E-state index is 10.9. The molecule has 2 unspecified atom stereocenters. The molecule has 0 spiro atoms. The number of aliphatic hydroxyl groups is 2. The number of hydrogen-bond acceptors (Lipinski definition) is 6. The highest BCUT2D eigenvalue weighted by Crippen LogP contribution is 2.36. The summed E-state index contributed by atoms with van der Waals surface area (Å²) in [6.07, 6.45) is 1.25. The van der Waals surface area contributed by atoms with Crippen molar-refractivity contribution in [2.75, 3.05) is 6.54 Å². The quantitative estimate of drug-likeness (QED) is 0.638. The van der Waals surface area contributed by atoms with Gasteiger partial charge in [0.2, 0.25) is 5.91 Å². The fourth-order valence-electron chi connectivity index (χ4n) is 2.52. The number of carbonyl (C=O) groups is 1.